The summed E-state index contributed by atoms with van der Waals surface area (Å²) >= 11 is 2.16. The lowest BCUT2D eigenvalue weighted by atomic mass is 10.2. The summed E-state index contributed by atoms with van der Waals surface area (Å²) in [6.07, 6.45) is 1.49. The van der Waals surface area contributed by atoms with E-state index in [0.717, 1.165) is 9.13 Å². The summed E-state index contributed by atoms with van der Waals surface area (Å²) < 4.78 is 22.5. The number of hydrazone groups is 1. The molecular formula is C22H26IN3O6. The van der Waals surface area contributed by atoms with Crippen LogP contribution in [0.1, 0.15) is 29.8 Å². The number of nitrogens with one attached hydrogen (secondary N) is 2. The number of rotatable bonds is 11. The number of nitrogens with zero attached hydrogens (tertiary/aromatic N) is 1. The maximum atomic E-state index is 12.3. The summed E-state index contributed by atoms with van der Waals surface area (Å²) in [6.45, 7) is 4.57. The smallest absolute Gasteiger partial charge is 0.259 e. The molecule has 172 valence electrons. The van der Waals surface area contributed by atoms with E-state index >= 15 is 0 Å². The van der Waals surface area contributed by atoms with Crippen molar-refractivity contribution in [3.63, 3.8) is 0 Å². The van der Waals surface area contributed by atoms with Crippen molar-refractivity contribution in [3.8, 4) is 23.0 Å². The Hall–Kier alpha value is -3.02. The fourth-order valence-electron chi connectivity index (χ4n) is 2.67. The van der Waals surface area contributed by atoms with E-state index in [4.69, 9.17) is 18.9 Å². The molecule has 0 saturated carbocycles. The minimum absolute atomic E-state index is 0.241. The first kappa shape index (κ1) is 25.2. The lowest BCUT2D eigenvalue weighted by molar-refractivity contribution is -0.120. The van der Waals surface area contributed by atoms with E-state index in [0.29, 0.717) is 41.8 Å². The normalized spacial score (nSPS) is 10.5. The zero-order valence-corrected chi connectivity index (χ0v) is 20.5. The fraction of sp³-hybridized carbons (Fsp3) is 0.318. The van der Waals surface area contributed by atoms with Gasteiger partial charge in [0.05, 0.1) is 43.8 Å². The third kappa shape index (κ3) is 7.01. The monoisotopic (exact) mass is 555 g/mol. The zero-order chi connectivity index (χ0) is 23.5. The van der Waals surface area contributed by atoms with Crippen molar-refractivity contribution in [2.45, 2.75) is 13.8 Å². The van der Waals surface area contributed by atoms with Gasteiger partial charge in [-0.05, 0) is 72.3 Å². The molecule has 0 unspecified atom stereocenters. The maximum Gasteiger partial charge on any atom is 0.259 e. The molecule has 0 saturated heterocycles. The van der Waals surface area contributed by atoms with Crippen LogP contribution >= 0.6 is 22.6 Å². The molecule has 0 radical (unpaired) electrons. The number of hydrogen-bond donors (Lipinski definition) is 2. The van der Waals surface area contributed by atoms with Crippen LogP contribution in [-0.2, 0) is 4.79 Å². The molecule has 0 aromatic heterocycles. The van der Waals surface area contributed by atoms with Gasteiger partial charge in [-0.1, -0.05) is 0 Å². The molecule has 0 aliphatic carbocycles. The molecule has 32 heavy (non-hydrogen) atoms. The summed E-state index contributed by atoms with van der Waals surface area (Å²) in [5.74, 6) is 1.32. The molecule has 0 bridgehead atoms. The second-order valence-electron chi connectivity index (χ2n) is 6.24. The lowest BCUT2D eigenvalue weighted by Crippen LogP contribution is -2.34. The molecule has 2 aromatic carbocycles. The summed E-state index contributed by atoms with van der Waals surface area (Å²) in [4.78, 5) is 24.3. The highest BCUT2D eigenvalue weighted by Gasteiger charge is 2.13. The number of benzene rings is 2. The van der Waals surface area contributed by atoms with Crippen molar-refractivity contribution in [3.05, 3.63) is 45.0 Å². The van der Waals surface area contributed by atoms with Crippen molar-refractivity contribution in [1.29, 1.82) is 0 Å². The first-order valence-corrected chi connectivity index (χ1v) is 10.9. The second kappa shape index (κ2) is 12.7. The van der Waals surface area contributed by atoms with Gasteiger partial charge >= 0.3 is 0 Å². The Morgan fingerprint density at radius 2 is 1.72 bits per heavy atom. The number of methoxy groups -OCH3 is 2. The van der Waals surface area contributed by atoms with Crippen LogP contribution in [0.4, 0.5) is 0 Å². The van der Waals surface area contributed by atoms with Gasteiger partial charge in [-0.2, -0.15) is 5.10 Å². The van der Waals surface area contributed by atoms with Gasteiger partial charge in [-0.15, -0.1) is 0 Å². The third-order valence-electron chi connectivity index (χ3n) is 4.08. The van der Waals surface area contributed by atoms with E-state index in [1.54, 1.807) is 18.2 Å². The molecule has 0 fully saturated rings. The average Bonchev–Trinajstić information content (AvgIpc) is 2.79. The predicted octanol–water partition coefficient (Wildman–Crippen LogP) is 2.99. The first-order chi connectivity index (χ1) is 15.4. The Kier molecular flexibility index (Phi) is 10.1. The fourth-order valence-corrected chi connectivity index (χ4v) is 3.45. The van der Waals surface area contributed by atoms with Crippen molar-refractivity contribution in [1.82, 2.24) is 10.7 Å². The van der Waals surface area contributed by atoms with E-state index in [9.17, 15) is 9.59 Å². The molecule has 0 spiro atoms. The van der Waals surface area contributed by atoms with E-state index in [1.807, 2.05) is 19.9 Å². The predicted molar refractivity (Wildman–Crippen MR) is 129 cm³/mol. The van der Waals surface area contributed by atoms with Gasteiger partial charge < -0.3 is 24.3 Å². The average molecular weight is 555 g/mol. The van der Waals surface area contributed by atoms with E-state index in [1.165, 1.54) is 26.5 Å². The van der Waals surface area contributed by atoms with Crippen LogP contribution in [0.3, 0.4) is 0 Å². The van der Waals surface area contributed by atoms with Gasteiger partial charge in [0.1, 0.15) is 0 Å². The van der Waals surface area contributed by atoms with Crippen molar-refractivity contribution in [2.24, 2.45) is 5.10 Å². The highest BCUT2D eigenvalue weighted by molar-refractivity contribution is 14.1. The Bertz CT molecular complexity index is 980. The Morgan fingerprint density at radius 3 is 2.38 bits per heavy atom. The van der Waals surface area contributed by atoms with E-state index in [-0.39, 0.29) is 6.54 Å². The number of amides is 2. The highest BCUT2D eigenvalue weighted by Crippen LogP contribution is 2.33. The van der Waals surface area contributed by atoms with Crippen LogP contribution in [0.2, 0.25) is 0 Å². The molecule has 9 nitrogen and oxygen atoms in total. The molecule has 0 heterocycles. The van der Waals surface area contributed by atoms with Crippen LogP contribution in [0, 0.1) is 3.57 Å². The van der Waals surface area contributed by atoms with Crippen molar-refractivity contribution >= 4 is 40.6 Å². The lowest BCUT2D eigenvalue weighted by Gasteiger charge is -2.13. The van der Waals surface area contributed by atoms with Gasteiger partial charge in [0.2, 0.25) is 0 Å². The second-order valence-corrected chi connectivity index (χ2v) is 7.40. The number of carbonyl (C=O) groups excluding carboxylic acids is 2. The number of hydrogen-bond acceptors (Lipinski definition) is 7. The summed E-state index contributed by atoms with van der Waals surface area (Å²) in [7, 11) is 2.99. The zero-order valence-electron chi connectivity index (χ0n) is 18.4. The van der Waals surface area contributed by atoms with Crippen molar-refractivity contribution < 1.29 is 28.5 Å². The van der Waals surface area contributed by atoms with Crippen LogP contribution in [0.5, 0.6) is 23.0 Å². The summed E-state index contributed by atoms with van der Waals surface area (Å²) in [5, 5.41) is 6.48. The number of ether oxygens (including phenoxy) is 4. The van der Waals surface area contributed by atoms with Gasteiger partial charge in [0.15, 0.2) is 23.0 Å². The Morgan fingerprint density at radius 1 is 1.00 bits per heavy atom. The quantitative estimate of drug-likeness (QED) is 0.251. The van der Waals surface area contributed by atoms with Crippen LogP contribution in [-0.4, -0.2) is 52.0 Å². The third-order valence-corrected chi connectivity index (χ3v) is 4.88. The van der Waals surface area contributed by atoms with Crippen LogP contribution in [0.25, 0.3) is 0 Å². The molecule has 0 atom stereocenters. The number of carbonyl (C=O) groups is 2. The van der Waals surface area contributed by atoms with Crippen LogP contribution < -0.4 is 29.7 Å². The SMILES string of the molecule is CCOc1cc(C=NNC(=O)CNC(=O)c2ccc(OC)c(OC)c2)cc(I)c1OCC. The molecule has 0 aliphatic heterocycles. The molecule has 0 aliphatic rings. The largest absolute Gasteiger partial charge is 0.493 e. The highest BCUT2D eigenvalue weighted by atomic mass is 127. The topological polar surface area (TPSA) is 107 Å². The van der Waals surface area contributed by atoms with Gasteiger partial charge in [-0.25, -0.2) is 5.43 Å². The van der Waals surface area contributed by atoms with Gasteiger partial charge in [0.25, 0.3) is 11.8 Å². The molecule has 2 amide bonds. The summed E-state index contributed by atoms with van der Waals surface area (Å²) in [6, 6.07) is 8.38. The van der Waals surface area contributed by atoms with Crippen molar-refractivity contribution in [2.75, 3.05) is 34.0 Å². The molecule has 2 aromatic rings. The molecule has 2 N–H and O–H groups in total. The molecule has 2 rings (SSSR count). The molecule has 10 heteroatoms. The van der Waals surface area contributed by atoms with Gasteiger partial charge in [-0.3, -0.25) is 9.59 Å². The molecular weight excluding hydrogens is 529 g/mol. The maximum absolute atomic E-state index is 12.3. The standard InChI is InChI=1S/C22H26IN3O6/c1-5-31-19-10-14(9-16(23)21(19)32-6-2)12-25-26-20(27)13-24-22(28)15-7-8-17(29-3)18(11-15)30-4/h7-12H,5-6,13H2,1-4H3,(H,24,28)(H,26,27). The summed E-state index contributed by atoms with van der Waals surface area (Å²) in [5.41, 5.74) is 3.46. The first-order valence-electron chi connectivity index (χ1n) is 9.84. The van der Waals surface area contributed by atoms with Crippen LogP contribution in [0.15, 0.2) is 35.4 Å². The Labute approximate surface area is 200 Å². The number of halogens is 1. The minimum atomic E-state index is -0.472. The van der Waals surface area contributed by atoms with Gasteiger partial charge in [0, 0.05) is 5.56 Å². The van der Waals surface area contributed by atoms with E-state index in [2.05, 4.69) is 38.4 Å². The van der Waals surface area contributed by atoms with E-state index < -0.39 is 11.8 Å². The Balaban J connectivity index is 1.94. The minimum Gasteiger partial charge on any atom is -0.493 e.